The zero-order valence-corrected chi connectivity index (χ0v) is 13.8. The Morgan fingerprint density at radius 2 is 1.78 bits per heavy atom. The van der Waals surface area contributed by atoms with Gasteiger partial charge in [-0.2, -0.15) is 0 Å². The summed E-state index contributed by atoms with van der Waals surface area (Å²) < 4.78 is 9.77. The van der Waals surface area contributed by atoms with E-state index in [9.17, 15) is 4.79 Å². The number of carbonyl (C=O) groups excluding carboxylic acids is 1. The lowest BCUT2D eigenvalue weighted by Crippen LogP contribution is -2.14. The second-order valence-corrected chi connectivity index (χ2v) is 8.28. The SMILES string of the molecule is CC(C)OC(=O)OCCSSCCCC(C)(C)C. The first-order chi connectivity index (χ1) is 8.31. The minimum Gasteiger partial charge on any atom is -0.433 e. The third-order valence-corrected chi connectivity index (χ3v) is 4.41. The van der Waals surface area contributed by atoms with Crippen molar-refractivity contribution in [1.29, 1.82) is 0 Å². The maximum absolute atomic E-state index is 11.0. The number of carbonyl (C=O) groups is 1. The average Bonchev–Trinajstić information content (AvgIpc) is 2.19. The summed E-state index contributed by atoms with van der Waals surface area (Å²) >= 11 is 0. The van der Waals surface area contributed by atoms with Gasteiger partial charge in [0.15, 0.2) is 0 Å². The van der Waals surface area contributed by atoms with Crippen LogP contribution < -0.4 is 0 Å². The Balaban J connectivity index is 3.24. The molecule has 0 aliphatic carbocycles. The molecule has 0 aromatic carbocycles. The summed E-state index contributed by atoms with van der Waals surface area (Å²) in [6, 6.07) is 0. The van der Waals surface area contributed by atoms with Crippen LogP contribution in [0.5, 0.6) is 0 Å². The Morgan fingerprint density at radius 3 is 2.33 bits per heavy atom. The normalized spacial score (nSPS) is 11.7. The quantitative estimate of drug-likeness (QED) is 0.366. The predicted molar refractivity (Wildman–Crippen MR) is 81.2 cm³/mol. The molecule has 0 aliphatic rings. The molecule has 0 aliphatic heterocycles. The molecule has 0 saturated heterocycles. The van der Waals surface area contributed by atoms with E-state index < -0.39 is 6.16 Å². The molecule has 0 atom stereocenters. The highest BCUT2D eigenvalue weighted by atomic mass is 33.1. The van der Waals surface area contributed by atoms with Crippen molar-refractivity contribution in [3.05, 3.63) is 0 Å². The van der Waals surface area contributed by atoms with E-state index in [0.29, 0.717) is 12.0 Å². The van der Waals surface area contributed by atoms with Crippen LogP contribution in [-0.4, -0.2) is 30.4 Å². The largest absolute Gasteiger partial charge is 0.508 e. The highest BCUT2D eigenvalue weighted by Crippen LogP contribution is 2.26. The summed E-state index contributed by atoms with van der Waals surface area (Å²) in [4.78, 5) is 11.0. The van der Waals surface area contributed by atoms with Gasteiger partial charge in [0.1, 0.15) is 6.61 Å². The fraction of sp³-hybridized carbons (Fsp3) is 0.923. The molecular weight excluding hydrogens is 268 g/mol. The van der Waals surface area contributed by atoms with Gasteiger partial charge >= 0.3 is 6.16 Å². The summed E-state index contributed by atoms with van der Waals surface area (Å²) in [6.07, 6.45) is 1.80. The molecule has 0 aromatic heterocycles. The summed E-state index contributed by atoms with van der Waals surface area (Å²) in [7, 11) is 3.59. The zero-order valence-electron chi connectivity index (χ0n) is 12.2. The van der Waals surface area contributed by atoms with Crippen LogP contribution in [0.15, 0.2) is 0 Å². The van der Waals surface area contributed by atoms with Crippen LogP contribution in [0.3, 0.4) is 0 Å². The fourth-order valence-electron chi connectivity index (χ4n) is 1.16. The lowest BCUT2D eigenvalue weighted by atomic mass is 9.91. The molecule has 0 heterocycles. The molecule has 0 bridgehead atoms. The second kappa shape index (κ2) is 9.84. The minimum absolute atomic E-state index is 0.114. The number of hydrogen-bond donors (Lipinski definition) is 0. The Hall–Kier alpha value is -0.0300. The number of rotatable bonds is 8. The van der Waals surface area contributed by atoms with Gasteiger partial charge in [-0.05, 0) is 32.1 Å². The van der Waals surface area contributed by atoms with Crippen LogP contribution in [-0.2, 0) is 9.47 Å². The zero-order chi connectivity index (χ0) is 14.0. The Morgan fingerprint density at radius 1 is 1.17 bits per heavy atom. The first kappa shape index (κ1) is 18.0. The molecule has 3 nitrogen and oxygen atoms in total. The van der Waals surface area contributed by atoms with Crippen molar-refractivity contribution in [2.75, 3.05) is 18.1 Å². The molecule has 0 saturated carbocycles. The molecule has 0 aromatic rings. The predicted octanol–water partition coefficient (Wildman–Crippen LogP) is 4.76. The second-order valence-electron chi connectivity index (χ2n) is 5.57. The minimum atomic E-state index is -0.566. The number of hydrogen-bond acceptors (Lipinski definition) is 5. The van der Waals surface area contributed by atoms with Crippen molar-refractivity contribution in [1.82, 2.24) is 0 Å². The van der Waals surface area contributed by atoms with E-state index in [1.165, 1.54) is 12.8 Å². The maximum Gasteiger partial charge on any atom is 0.508 e. The van der Waals surface area contributed by atoms with Crippen molar-refractivity contribution in [2.45, 2.75) is 53.6 Å². The summed E-state index contributed by atoms with van der Waals surface area (Å²) in [5.41, 5.74) is 0.426. The van der Waals surface area contributed by atoms with Crippen LogP contribution in [0.2, 0.25) is 0 Å². The van der Waals surface area contributed by atoms with Gasteiger partial charge in [0.2, 0.25) is 0 Å². The standard InChI is InChI=1S/C13H26O3S2/c1-11(2)16-12(14)15-8-10-18-17-9-6-7-13(3,4)5/h11H,6-10H2,1-5H3. The average molecular weight is 294 g/mol. The van der Waals surface area contributed by atoms with Gasteiger partial charge in [-0.1, -0.05) is 42.4 Å². The van der Waals surface area contributed by atoms with Crippen LogP contribution in [0.25, 0.3) is 0 Å². The van der Waals surface area contributed by atoms with E-state index in [1.54, 1.807) is 24.6 Å². The third kappa shape index (κ3) is 14.0. The van der Waals surface area contributed by atoms with E-state index in [-0.39, 0.29) is 6.10 Å². The molecule has 0 N–H and O–H groups in total. The molecule has 18 heavy (non-hydrogen) atoms. The van der Waals surface area contributed by atoms with Crippen molar-refractivity contribution in [2.24, 2.45) is 5.41 Å². The van der Waals surface area contributed by atoms with E-state index >= 15 is 0 Å². The summed E-state index contributed by atoms with van der Waals surface area (Å²) in [5.74, 6) is 1.96. The number of ether oxygens (including phenoxy) is 2. The van der Waals surface area contributed by atoms with Crippen molar-refractivity contribution in [3.8, 4) is 0 Å². The third-order valence-electron chi connectivity index (χ3n) is 1.96. The lowest BCUT2D eigenvalue weighted by Gasteiger charge is -2.17. The topological polar surface area (TPSA) is 35.5 Å². The van der Waals surface area contributed by atoms with Crippen LogP contribution in [0, 0.1) is 5.41 Å². The van der Waals surface area contributed by atoms with E-state index in [4.69, 9.17) is 9.47 Å². The van der Waals surface area contributed by atoms with Crippen LogP contribution in [0.4, 0.5) is 4.79 Å². The van der Waals surface area contributed by atoms with E-state index in [2.05, 4.69) is 20.8 Å². The highest BCUT2D eigenvalue weighted by Gasteiger charge is 2.09. The van der Waals surface area contributed by atoms with E-state index in [1.807, 2.05) is 10.8 Å². The van der Waals surface area contributed by atoms with Gasteiger partial charge in [0.25, 0.3) is 0 Å². The molecule has 0 amide bonds. The monoisotopic (exact) mass is 294 g/mol. The maximum atomic E-state index is 11.0. The summed E-state index contributed by atoms with van der Waals surface area (Å²) in [5, 5.41) is 0. The van der Waals surface area contributed by atoms with Crippen LogP contribution in [0.1, 0.15) is 47.5 Å². The van der Waals surface area contributed by atoms with Gasteiger partial charge in [-0.25, -0.2) is 4.79 Å². The first-order valence-corrected chi connectivity index (χ1v) is 8.88. The van der Waals surface area contributed by atoms with Crippen LogP contribution >= 0.6 is 21.6 Å². The molecule has 0 fully saturated rings. The smallest absolute Gasteiger partial charge is 0.433 e. The van der Waals surface area contributed by atoms with Gasteiger partial charge in [-0.15, -0.1) is 0 Å². The molecule has 108 valence electrons. The summed E-state index contributed by atoms with van der Waals surface area (Å²) in [6.45, 7) is 10.8. The molecule has 5 heteroatoms. The Bertz CT molecular complexity index is 225. The van der Waals surface area contributed by atoms with Crippen molar-refractivity contribution >= 4 is 27.7 Å². The molecule has 0 radical (unpaired) electrons. The highest BCUT2D eigenvalue weighted by molar-refractivity contribution is 8.76. The molecular formula is C13H26O3S2. The van der Waals surface area contributed by atoms with Gasteiger partial charge < -0.3 is 9.47 Å². The molecule has 0 rings (SSSR count). The van der Waals surface area contributed by atoms with Gasteiger partial charge in [-0.3, -0.25) is 0 Å². The lowest BCUT2D eigenvalue weighted by molar-refractivity contribution is 0.0385. The van der Waals surface area contributed by atoms with Gasteiger partial charge in [0.05, 0.1) is 6.10 Å². The molecule has 0 spiro atoms. The van der Waals surface area contributed by atoms with Gasteiger partial charge in [0, 0.05) is 11.5 Å². The van der Waals surface area contributed by atoms with Crippen molar-refractivity contribution in [3.63, 3.8) is 0 Å². The molecule has 0 unspecified atom stereocenters. The van der Waals surface area contributed by atoms with Crippen molar-refractivity contribution < 1.29 is 14.3 Å². The van der Waals surface area contributed by atoms with E-state index in [0.717, 1.165) is 11.5 Å². The fourth-order valence-corrected chi connectivity index (χ4v) is 3.08. The Labute approximate surface area is 119 Å². The first-order valence-electron chi connectivity index (χ1n) is 6.39. The Kier molecular flexibility index (Phi) is 9.83.